The number of ether oxygens (including phenoxy) is 2. The van der Waals surface area contributed by atoms with E-state index < -0.39 is 12.3 Å². The van der Waals surface area contributed by atoms with Gasteiger partial charge in [0.2, 0.25) is 5.91 Å². The maximum absolute atomic E-state index is 12.2. The largest absolute Gasteiger partial charge is 0.481 e. The molecule has 1 aromatic heterocycles. The van der Waals surface area contributed by atoms with Gasteiger partial charge in [-0.05, 0) is 42.2 Å². The average Bonchev–Trinajstić information content (AvgIpc) is 2.95. The molecule has 0 spiro atoms. The number of nitrogens with one attached hydrogen (secondary N) is 1. The van der Waals surface area contributed by atoms with Gasteiger partial charge in [0.1, 0.15) is 0 Å². The zero-order valence-corrected chi connectivity index (χ0v) is 21.7. The number of nitrogens with zero attached hydrogens (tertiary/aromatic N) is 2. The first-order chi connectivity index (χ1) is 18.5. The van der Waals surface area contributed by atoms with Crippen molar-refractivity contribution in [3.05, 3.63) is 83.7 Å². The van der Waals surface area contributed by atoms with Gasteiger partial charge in [0.25, 0.3) is 0 Å². The summed E-state index contributed by atoms with van der Waals surface area (Å²) in [4.78, 5) is 31.4. The minimum Gasteiger partial charge on any atom is -0.481 e. The van der Waals surface area contributed by atoms with Crippen LogP contribution in [0.15, 0.2) is 72.1 Å². The third-order valence-electron chi connectivity index (χ3n) is 6.07. The van der Waals surface area contributed by atoms with Crippen molar-refractivity contribution >= 4 is 29.3 Å². The molecule has 9 nitrogen and oxygen atoms in total. The number of hydrogen-bond acceptors (Lipinski definition) is 8. The van der Waals surface area contributed by atoms with E-state index in [-0.39, 0.29) is 37.6 Å². The number of aliphatic hydroxyl groups excluding tert-OH is 1. The van der Waals surface area contributed by atoms with Gasteiger partial charge >= 0.3 is 5.97 Å². The average molecular weight is 538 g/mol. The van der Waals surface area contributed by atoms with Crippen LogP contribution in [0.4, 0.5) is 5.69 Å². The van der Waals surface area contributed by atoms with Crippen molar-refractivity contribution in [2.45, 2.75) is 62.4 Å². The first-order valence-corrected chi connectivity index (χ1v) is 13.5. The fourth-order valence-electron chi connectivity index (χ4n) is 4.06. The Morgan fingerprint density at radius 1 is 0.947 bits per heavy atom. The van der Waals surface area contributed by atoms with E-state index in [4.69, 9.17) is 14.6 Å². The van der Waals surface area contributed by atoms with Gasteiger partial charge in [-0.2, -0.15) is 0 Å². The zero-order valence-electron chi connectivity index (χ0n) is 20.9. The summed E-state index contributed by atoms with van der Waals surface area (Å²) < 4.78 is 12.7. The van der Waals surface area contributed by atoms with Gasteiger partial charge in [0.05, 0.1) is 18.8 Å². The van der Waals surface area contributed by atoms with Crippen LogP contribution in [-0.4, -0.2) is 43.9 Å². The van der Waals surface area contributed by atoms with Crippen LogP contribution >= 0.6 is 11.8 Å². The number of anilines is 1. The van der Waals surface area contributed by atoms with E-state index in [9.17, 15) is 14.7 Å². The lowest BCUT2D eigenvalue weighted by Gasteiger charge is -2.36. The van der Waals surface area contributed by atoms with E-state index in [0.717, 1.165) is 16.7 Å². The number of unbranched alkanes of at least 4 members (excludes halogenated alkanes) is 1. The minimum absolute atomic E-state index is 0.0148. The van der Waals surface area contributed by atoms with Crippen LogP contribution in [0.3, 0.4) is 0 Å². The van der Waals surface area contributed by atoms with Crippen LogP contribution in [0.1, 0.15) is 61.2 Å². The molecule has 4 rings (SSSR count). The van der Waals surface area contributed by atoms with Gasteiger partial charge in [-0.25, -0.2) is 9.97 Å². The van der Waals surface area contributed by atoms with Crippen molar-refractivity contribution in [1.29, 1.82) is 0 Å². The van der Waals surface area contributed by atoms with Crippen molar-refractivity contribution < 1.29 is 29.3 Å². The molecule has 10 heteroatoms. The number of carboxylic acids is 1. The first-order valence-electron chi connectivity index (χ1n) is 12.5. The highest BCUT2D eigenvalue weighted by atomic mass is 32.2. The molecule has 3 N–H and O–H groups in total. The molecule has 3 atom stereocenters. The second-order valence-corrected chi connectivity index (χ2v) is 9.95. The molecule has 0 bridgehead atoms. The summed E-state index contributed by atoms with van der Waals surface area (Å²) >= 11 is 1.53. The topological polar surface area (TPSA) is 131 Å². The summed E-state index contributed by atoms with van der Waals surface area (Å²) in [5.41, 5.74) is 3.32. The standard InChI is InChI=1S/C28H31N3O6S/c32-17-19-6-8-20(9-7-19)24-16-23(18-38-28-29-14-3-15-30-28)36-27(37-24)21-10-12-22(13-11-21)31-25(33)4-1-2-5-26(34)35/h3,6-15,23-24,27,32H,1-2,4-5,16-18H2,(H,31,33)(H,34,35)/t23-,24+,27+/m0/s1. The quantitative estimate of drug-likeness (QED) is 0.168. The van der Waals surface area contributed by atoms with Crippen LogP contribution in [-0.2, 0) is 25.7 Å². The van der Waals surface area contributed by atoms with Gasteiger partial charge in [-0.1, -0.05) is 48.2 Å². The van der Waals surface area contributed by atoms with Gasteiger partial charge in [-0.3, -0.25) is 9.59 Å². The number of carboxylic acid groups (broad SMARTS) is 1. The Bertz CT molecular complexity index is 1180. The smallest absolute Gasteiger partial charge is 0.303 e. The molecule has 2 heterocycles. The fraction of sp³-hybridized carbons (Fsp3) is 0.357. The number of rotatable bonds is 12. The number of thioether (sulfide) groups is 1. The molecule has 0 unspecified atom stereocenters. The molecule has 1 amide bonds. The first kappa shape index (κ1) is 27.7. The summed E-state index contributed by atoms with van der Waals surface area (Å²) in [7, 11) is 0. The number of carbonyl (C=O) groups excluding carboxylic acids is 1. The minimum atomic E-state index is -0.855. The SMILES string of the molecule is O=C(O)CCCCC(=O)Nc1ccc([C@@H]2O[C@H](CSc3ncccn3)C[C@H](c3ccc(CO)cc3)O2)cc1. The van der Waals surface area contributed by atoms with Gasteiger partial charge in [0.15, 0.2) is 11.4 Å². The van der Waals surface area contributed by atoms with Crippen LogP contribution in [0, 0.1) is 0 Å². The predicted molar refractivity (Wildman–Crippen MR) is 142 cm³/mol. The Labute approximate surface area is 225 Å². The highest BCUT2D eigenvalue weighted by Crippen LogP contribution is 2.39. The molecule has 2 aromatic carbocycles. The monoisotopic (exact) mass is 537 g/mol. The van der Waals surface area contributed by atoms with E-state index in [2.05, 4.69) is 15.3 Å². The predicted octanol–water partition coefficient (Wildman–Crippen LogP) is 4.89. The summed E-state index contributed by atoms with van der Waals surface area (Å²) in [6.07, 6.45) is 4.49. The van der Waals surface area contributed by atoms with Crippen molar-refractivity contribution in [1.82, 2.24) is 9.97 Å². The maximum Gasteiger partial charge on any atom is 0.303 e. The van der Waals surface area contributed by atoms with Gasteiger partial charge in [-0.15, -0.1) is 0 Å². The second-order valence-electron chi connectivity index (χ2n) is 8.96. The van der Waals surface area contributed by atoms with Crippen molar-refractivity contribution in [3.63, 3.8) is 0 Å². The third-order valence-corrected chi connectivity index (χ3v) is 7.07. The molecular weight excluding hydrogens is 506 g/mol. The molecule has 200 valence electrons. The lowest BCUT2D eigenvalue weighted by Crippen LogP contribution is -2.31. The second kappa shape index (κ2) is 14.0. The van der Waals surface area contributed by atoms with Crippen molar-refractivity contribution in [2.75, 3.05) is 11.1 Å². The lowest BCUT2D eigenvalue weighted by atomic mass is 10.0. The molecular formula is C28H31N3O6S. The van der Waals surface area contributed by atoms with Gasteiger partial charge < -0.3 is 25.0 Å². The molecule has 1 fully saturated rings. The maximum atomic E-state index is 12.2. The highest BCUT2D eigenvalue weighted by molar-refractivity contribution is 7.99. The molecule has 1 aliphatic rings. The summed E-state index contributed by atoms with van der Waals surface area (Å²) in [6, 6.07) is 16.8. The van der Waals surface area contributed by atoms with Crippen LogP contribution in [0.2, 0.25) is 0 Å². The number of benzene rings is 2. The third kappa shape index (κ3) is 8.35. The summed E-state index contributed by atoms with van der Waals surface area (Å²) in [5, 5.41) is 21.6. The highest BCUT2D eigenvalue weighted by Gasteiger charge is 2.32. The Morgan fingerprint density at radius 2 is 1.63 bits per heavy atom. The molecule has 3 aromatic rings. The number of aromatic nitrogens is 2. The van der Waals surface area contributed by atoms with Crippen LogP contribution in [0.5, 0.6) is 0 Å². The van der Waals surface area contributed by atoms with E-state index in [0.29, 0.717) is 35.9 Å². The zero-order chi connectivity index (χ0) is 26.7. The number of carbonyl (C=O) groups is 2. The van der Waals surface area contributed by atoms with E-state index >= 15 is 0 Å². The molecule has 0 saturated carbocycles. The van der Waals surface area contributed by atoms with Gasteiger partial charge in [0, 0.05) is 48.7 Å². The van der Waals surface area contributed by atoms with Crippen LogP contribution < -0.4 is 5.32 Å². The molecule has 1 aliphatic heterocycles. The number of amides is 1. The van der Waals surface area contributed by atoms with E-state index in [1.807, 2.05) is 36.4 Å². The Balaban J connectivity index is 1.41. The van der Waals surface area contributed by atoms with Crippen LogP contribution in [0.25, 0.3) is 0 Å². The summed E-state index contributed by atoms with van der Waals surface area (Å²) in [6.45, 7) is -0.0148. The number of aliphatic hydroxyl groups is 1. The normalized spacial score (nSPS) is 19.1. The summed E-state index contributed by atoms with van der Waals surface area (Å²) in [5.74, 6) is -0.350. The fourth-order valence-corrected chi connectivity index (χ4v) is 4.88. The lowest BCUT2D eigenvalue weighted by molar-refractivity contribution is -0.245. The van der Waals surface area contributed by atoms with Crippen molar-refractivity contribution in [2.24, 2.45) is 0 Å². The Morgan fingerprint density at radius 3 is 2.32 bits per heavy atom. The molecule has 1 saturated heterocycles. The van der Waals surface area contributed by atoms with Crippen molar-refractivity contribution in [3.8, 4) is 0 Å². The van der Waals surface area contributed by atoms with E-state index in [1.165, 1.54) is 11.8 Å². The molecule has 38 heavy (non-hydrogen) atoms. The molecule has 0 radical (unpaired) electrons. The Kier molecular flexibility index (Phi) is 10.2. The van der Waals surface area contributed by atoms with E-state index in [1.54, 1.807) is 30.6 Å². The molecule has 0 aliphatic carbocycles. The number of aliphatic carboxylic acids is 1. The number of hydrogen-bond donors (Lipinski definition) is 3. The Hall–Kier alpha value is -3.31.